The molecule has 2 atom stereocenters. The van der Waals surface area contributed by atoms with Gasteiger partial charge in [0.1, 0.15) is 5.15 Å². The second-order valence-corrected chi connectivity index (χ2v) is 6.97. The van der Waals surface area contributed by atoms with Crippen LogP contribution >= 0.6 is 11.6 Å². The van der Waals surface area contributed by atoms with E-state index in [2.05, 4.69) is 43.0 Å². The lowest BCUT2D eigenvalue weighted by atomic mass is 9.97. The molecular formula is C16H29ClN4. The van der Waals surface area contributed by atoms with Crippen LogP contribution in [0.5, 0.6) is 0 Å². The highest BCUT2D eigenvalue weighted by molar-refractivity contribution is 6.30. The number of nitrogens with one attached hydrogen (secondary N) is 1. The van der Waals surface area contributed by atoms with Crippen molar-refractivity contribution in [2.45, 2.75) is 59.2 Å². The van der Waals surface area contributed by atoms with E-state index in [1.807, 2.05) is 7.05 Å². The smallest absolute Gasteiger partial charge is 0.131 e. The fourth-order valence-corrected chi connectivity index (χ4v) is 3.43. The van der Waals surface area contributed by atoms with E-state index in [0.717, 1.165) is 30.5 Å². The summed E-state index contributed by atoms with van der Waals surface area (Å²) in [5.41, 5.74) is 2.24. The van der Waals surface area contributed by atoms with Crippen molar-refractivity contribution in [1.82, 2.24) is 20.0 Å². The van der Waals surface area contributed by atoms with Gasteiger partial charge in [-0.25, -0.2) is 0 Å². The Balaban J connectivity index is 2.15. The SMILES string of the molecule is CCCC1CNC(C(C)C)CN1Cc1c(C)nn(C)c1Cl. The molecule has 2 heterocycles. The molecule has 0 spiro atoms. The van der Waals surface area contributed by atoms with E-state index in [9.17, 15) is 0 Å². The van der Waals surface area contributed by atoms with Gasteiger partial charge >= 0.3 is 0 Å². The first-order valence-electron chi connectivity index (χ1n) is 8.09. The van der Waals surface area contributed by atoms with Gasteiger partial charge in [0.2, 0.25) is 0 Å². The molecule has 4 nitrogen and oxygen atoms in total. The number of aromatic nitrogens is 2. The van der Waals surface area contributed by atoms with E-state index >= 15 is 0 Å². The average Bonchev–Trinajstić information content (AvgIpc) is 2.67. The summed E-state index contributed by atoms with van der Waals surface area (Å²) in [6, 6.07) is 1.16. The summed E-state index contributed by atoms with van der Waals surface area (Å²) in [5, 5.41) is 8.93. The van der Waals surface area contributed by atoms with Gasteiger partial charge in [-0.3, -0.25) is 9.58 Å². The molecule has 1 aliphatic heterocycles. The molecule has 0 radical (unpaired) electrons. The number of hydrogen-bond donors (Lipinski definition) is 1. The van der Waals surface area contributed by atoms with Gasteiger partial charge in [-0.1, -0.05) is 38.8 Å². The van der Waals surface area contributed by atoms with Crippen LogP contribution < -0.4 is 5.32 Å². The molecule has 1 aromatic heterocycles. The predicted molar refractivity (Wildman–Crippen MR) is 88.7 cm³/mol. The van der Waals surface area contributed by atoms with Crippen molar-refractivity contribution in [3.8, 4) is 0 Å². The Kier molecular flexibility index (Phi) is 5.69. The third kappa shape index (κ3) is 3.79. The summed E-state index contributed by atoms with van der Waals surface area (Å²) < 4.78 is 1.78. The van der Waals surface area contributed by atoms with Crippen LogP contribution in [0.1, 0.15) is 44.9 Å². The minimum absolute atomic E-state index is 0.564. The number of rotatable bonds is 5. The topological polar surface area (TPSA) is 33.1 Å². The van der Waals surface area contributed by atoms with Gasteiger partial charge in [-0.2, -0.15) is 5.10 Å². The van der Waals surface area contributed by atoms with Crippen LogP contribution in [0.3, 0.4) is 0 Å². The summed E-state index contributed by atoms with van der Waals surface area (Å²) in [4.78, 5) is 2.60. The van der Waals surface area contributed by atoms with Crippen LogP contribution in [0.15, 0.2) is 0 Å². The largest absolute Gasteiger partial charge is 0.311 e. The van der Waals surface area contributed by atoms with Crippen LogP contribution in [-0.4, -0.2) is 39.9 Å². The maximum Gasteiger partial charge on any atom is 0.131 e. The standard InChI is InChI=1S/C16H29ClN4/c1-6-7-13-8-18-15(11(2)3)10-21(13)9-14-12(4)19-20(5)16(14)17/h11,13,15,18H,6-10H2,1-5H3. The highest BCUT2D eigenvalue weighted by Crippen LogP contribution is 2.24. The van der Waals surface area contributed by atoms with E-state index < -0.39 is 0 Å². The first-order valence-corrected chi connectivity index (χ1v) is 8.47. The maximum atomic E-state index is 6.42. The highest BCUT2D eigenvalue weighted by Gasteiger charge is 2.30. The van der Waals surface area contributed by atoms with Crippen molar-refractivity contribution in [3.05, 3.63) is 16.4 Å². The van der Waals surface area contributed by atoms with E-state index in [0.29, 0.717) is 18.0 Å². The number of piperazine rings is 1. The maximum absolute atomic E-state index is 6.42. The zero-order chi connectivity index (χ0) is 15.6. The number of hydrogen-bond acceptors (Lipinski definition) is 3. The molecule has 1 N–H and O–H groups in total. The van der Waals surface area contributed by atoms with E-state index in [1.54, 1.807) is 4.68 Å². The van der Waals surface area contributed by atoms with Crippen LogP contribution in [-0.2, 0) is 13.6 Å². The molecule has 21 heavy (non-hydrogen) atoms. The monoisotopic (exact) mass is 312 g/mol. The lowest BCUT2D eigenvalue weighted by Gasteiger charge is -2.42. The number of aryl methyl sites for hydroxylation is 2. The summed E-state index contributed by atoms with van der Waals surface area (Å²) in [6.07, 6.45) is 2.45. The van der Waals surface area contributed by atoms with Gasteiger partial charge in [0.05, 0.1) is 5.69 Å². The van der Waals surface area contributed by atoms with Gasteiger partial charge in [-0.05, 0) is 19.3 Å². The van der Waals surface area contributed by atoms with Crippen LogP contribution in [0.25, 0.3) is 0 Å². The molecule has 0 saturated carbocycles. The molecule has 1 aromatic rings. The zero-order valence-electron chi connectivity index (χ0n) is 14.0. The Morgan fingerprint density at radius 2 is 2.14 bits per heavy atom. The van der Waals surface area contributed by atoms with Crippen molar-refractivity contribution in [2.75, 3.05) is 13.1 Å². The summed E-state index contributed by atoms with van der Waals surface area (Å²) in [5.74, 6) is 0.653. The zero-order valence-corrected chi connectivity index (χ0v) is 14.7. The van der Waals surface area contributed by atoms with E-state index in [-0.39, 0.29) is 0 Å². The summed E-state index contributed by atoms with van der Waals surface area (Å²) in [7, 11) is 1.91. The number of halogens is 1. The Labute approximate surface area is 133 Å². The average molecular weight is 313 g/mol. The van der Waals surface area contributed by atoms with Gasteiger partial charge in [0.15, 0.2) is 0 Å². The van der Waals surface area contributed by atoms with Gasteiger partial charge in [0, 0.05) is 44.3 Å². The summed E-state index contributed by atoms with van der Waals surface area (Å²) >= 11 is 6.42. The first-order chi connectivity index (χ1) is 9.93. The molecular weight excluding hydrogens is 284 g/mol. The van der Waals surface area contributed by atoms with Crippen molar-refractivity contribution in [2.24, 2.45) is 13.0 Å². The Bertz CT molecular complexity index is 469. The second kappa shape index (κ2) is 7.12. The normalized spacial score (nSPS) is 24.0. The van der Waals surface area contributed by atoms with Gasteiger partial charge in [-0.15, -0.1) is 0 Å². The van der Waals surface area contributed by atoms with E-state index in [4.69, 9.17) is 11.6 Å². The van der Waals surface area contributed by atoms with E-state index in [1.165, 1.54) is 18.4 Å². The molecule has 120 valence electrons. The van der Waals surface area contributed by atoms with Gasteiger partial charge < -0.3 is 5.32 Å². The highest BCUT2D eigenvalue weighted by atomic mass is 35.5. The van der Waals surface area contributed by atoms with Crippen molar-refractivity contribution < 1.29 is 0 Å². The molecule has 1 saturated heterocycles. The molecule has 0 amide bonds. The predicted octanol–water partition coefficient (Wildman–Crippen LogP) is 2.98. The molecule has 1 aliphatic rings. The molecule has 1 fully saturated rings. The Morgan fingerprint density at radius 1 is 1.43 bits per heavy atom. The van der Waals surface area contributed by atoms with Crippen molar-refractivity contribution >= 4 is 11.6 Å². The Hall–Kier alpha value is -0.580. The lowest BCUT2D eigenvalue weighted by Crippen LogP contribution is -2.57. The first kappa shape index (κ1) is 16.8. The van der Waals surface area contributed by atoms with Crippen molar-refractivity contribution in [3.63, 3.8) is 0 Å². The lowest BCUT2D eigenvalue weighted by molar-refractivity contribution is 0.0995. The molecule has 0 aromatic carbocycles. The summed E-state index contributed by atoms with van der Waals surface area (Å²) in [6.45, 7) is 12.0. The van der Waals surface area contributed by atoms with Crippen LogP contribution in [0, 0.1) is 12.8 Å². The molecule has 5 heteroatoms. The molecule has 0 aliphatic carbocycles. The fourth-order valence-electron chi connectivity index (χ4n) is 3.20. The Morgan fingerprint density at radius 3 is 2.67 bits per heavy atom. The minimum atomic E-state index is 0.564. The fraction of sp³-hybridized carbons (Fsp3) is 0.812. The van der Waals surface area contributed by atoms with Gasteiger partial charge in [0.25, 0.3) is 0 Å². The second-order valence-electron chi connectivity index (χ2n) is 6.61. The molecule has 0 bridgehead atoms. The molecule has 2 unspecified atom stereocenters. The third-order valence-corrected chi connectivity index (χ3v) is 5.09. The number of nitrogens with zero attached hydrogens (tertiary/aromatic N) is 3. The third-order valence-electron chi connectivity index (χ3n) is 4.62. The minimum Gasteiger partial charge on any atom is -0.311 e. The molecule has 2 rings (SSSR count). The van der Waals surface area contributed by atoms with Crippen molar-refractivity contribution in [1.29, 1.82) is 0 Å². The quantitative estimate of drug-likeness (QED) is 0.907. The van der Waals surface area contributed by atoms with Crippen LogP contribution in [0.2, 0.25) is 5.15 Å². The van der Waals surface area contributed by atoms with Crippen LogP contribution in [0.4, 0.5) is 0 Å².